The molecule has 1 aliphatic rings. The molecule has 1 heteroatoms. The molecule has 94 valence electrons. The van der Waals surface area contributed by atoms with Gasteiger partial charge < -0.3 is 4.90 Å². The number of hydrogen-bond acceptors (Lipinski definition) is 1. The minimum Gasteiger partial charge on any atom is -0.371 e. The number of benzene rings is 1. The van der Waals surface area contributed by atoms with Crippen LogP contribution in [0.5, 0.6) is 0 Å². The van der Waals surface area contributed by atoms with Crippen LogP contribution in [0.3, 0.4) is 0 Å². The zero-order valence-corrected chi connectivity index (χ0v) is 11.1. The Kier molecular flexibility index (Phi) is 4.90. The van der Waals surface area contributed by atoms with Crippen molar-refractivity contribution < 1.29 is 0 Å². The lowest BCUT2D eigenvalue weighted by molar-refractivity contribution is 0.575. The Balaban J connectivity index is 2.03. The predicted molar refractivity (Wildman–Crippen MR) is 75.7 cm³/mol. The predicted octanol–water partition coefficient (Wildman–Crippen LogP) is 4.41. The van der Waals surface area contributed by atoms with Crippen molar-refractivity contribution in [3.8, 4) is 0 Å². The molecule has 0 atom stereocenters. The van der Waals surface area contributed by atoms with Crippen molar-refractivity contribution in [2.45, 2.75) is 51.9 Å². The van der Waals surface area contributed by atoms with Crippen molar-refractivity contribution in [1.82, 2.24) is 0 Å². The summed E-state index contributed by atoms with van der Waals surface area (Å²) in [7, 11) is 0. The highest BCUT2D eigenvalue weighted by Crippen LogP contribution is 2.25. The third kappa shape index (κ3) is 3.49. The molecule has 1 fully saturated rings. The molecule has 1 aromatic carbocycles. The van der Waals surface area contributed by atoms with Crippen LogP contribution < -0.4 is 4.90 Å². The molecule has 0 saturated carbocycles. The van der Waals surface area contributed by atoms with Gasteiger partial charge in [0.2, 0.25) is 0 Å². The van der Waals surface area contributed by atoms with E-state index in [0.717, 1.165) is 0 Å². The molecule has 0 bridgehead atoms. The highest BCUT2D eigenvalue weighted by molar-refractivity contribution is 5.53. The Morgan fingerprint density at radius 1 is 1.00 bits per heavy atom. The van der Waals surface area contributed by atoms with Gasteiger partial charge in [0, 0.05) is 18.8 Å². The topological polar surface area (TPSA) is 3.24 Å². The molecule has 1 heterocycles. The van der Waals surface area contributed by atoms with Crippen molar-refractivity contribution in [3.05, 3.63) is 29.8 Å². The van der Waals surface area contributed by atoms with E-state index in [1.54, 1.807) is 5.56 Å². The molecule has 0 aliphatic carbocycles. The van der Waals surface area contributed by atoms with Crippen molar-refractivity contribution in [2.75, 3.05) is 18.0 Å². The number of nitrogens with zero attached hydrogens (tertiary/aromatic N) is 1. The van der Waals surface area contributed by atoms with E-state index in [4.69, 9.17) is 0 Å². The number of para-hydroxylation sites is 1. The van der Waals surface area contributed by atoms with Crippen LogP contribution in [0, 0.1) is 0 Å². The number of hydrogen-bond donors (Lipinski definition) is 0. The van der Waals surface area contributed by atoms with E-state index in [-0.39, 0.29) is 0 Å². The van der Waals surface area contributed by atoms with Crippen molar-refractivity contribution in [2.24, 2.45) is 0 Å². The van der Waals surface area contributed by atoms with Gasteiger partial charge >= 0.3 is 0 Å². The highest BCUT2D eigenvalue weighted by Gasteiger charge is 2.13. The van der Waals surface area contributed by atoms with Gasteiger partial charge in [0.25, 0.3) is 0 Å². The smallest absolute Gasteiger partial charge is 0.0398 e. The quantitative estimate of drug-likeness (QED) is 0.678. The van der Waals surface area contributed by atoms with Gasteiger partial charge in [-0.25, -0.2) is 0 Å². The van der Waals surface area contributed by atoms with Gasteiger partial charge in [0.1, 0.15) is 0 Å². The fraction of sp³-hybridized carbons (Fsp3) is 0.625. The lowest BCUT2D eigenvalue weighted by atomic mass is 10.0. The highest BCUT2D eigenvalue weighted by atomic mass is 15.1. The van der Waals surface area contributed by atoms with Crippen LogP contribution in [0.1, 0.15) is 51.0 Å². The second kappa shape index (κ2) is 6.68. The summed E-state index contributed by atoms with van der Waals surface area (Å²) in [5.74, 6) is 0. The summed E-state index contributed by atoms with van der Waals surface area (Å²) in [5.41, 5.74) is 3.06. The third-order valence-corrected chi connectivity index (χ3v) is 3.74. The van der Waals surface area contributed by atoms with Crippen molar-refractivity contribution in [3.63, 3.8) is 0 Å². The lowest BCUT2D eigenvalue weighted by Gasteiger charge is -2.30. The first-order valence-corrected chi connectivity index (χ1v) is 7.24. The van der Waals surface area contributed by atoms with Crippen LogP contribution in [-0.2, 0) is 6.42 Å². The molecule has 1 nitrogen and oxygen atoms in total. The summed E-state index contributed by atoms with van der Waals surface area (Å²) in [6, 6.07) is 9.01. The minimum atomic E-state index is 1.25. The van der Waals surface area contributed by atoms with Gasteiger partial charge in [0.05, 0.1) is 0 Å². The summed E-state index contributed by atoms with van der Waals surface area (Å²) < 4.78 is 0. The van der Waals surface area contributed by atoms with Crippen molar-refractivity contribution in [1.29, 1.82) is 0 Å². The van der Waals surface area contributed by atoms with Gasteiger partial charge in [-0.15, -0.1) is 0 Å². The van der Waals surface area contributed by atoms with Crippen LogP contribution in [0.15, 0.2) is 24.3 Å². The SMILES string of the molecule is CCCCCc1ccccc1N1CCCCC1. The molecule has 0 radical (unpaired) electrons. The molecular weight excluding hydrogens is 206 g/mol. The van der Waals surface area contributed by atoms with Crippen LogP contribution in [0.4, 0.5) is 5.69 Å². The normalized spacial score (nSPS) is 16.2. The number of anilines is 1. The lowest BCUT2D eigenvalue weighted by Crippen LogP contribution is -2.30. The summed E-state index contributed by atoms with van der Waals surface area (Å²) in [6.45, 7) is 4.78. The Morgan fingerprint density at radius 3 is 2.53 bits per heavy atom. The third-order valence-electron chi connectivity index (χ3n) is 3.74. The van der Waals surface area contributed by atoms with E-state index < -0.39 is 0 Å². The molecule has 2 rings (SSSR count). The van der Waals surface area contributed by atoms with E-state index in [9.17, 15) is 0 Å². The molecule has 17 heavy (non-hydrogen) atoms. The molecule has 0 aromatic heterocycles. The average molecular weight is 231 g/mol. The Bertz CT molecular complexity index is 326. The molecule has 0 N–H and O–H groups in total. The first kappa shape index (κ1) is 12.5. The fourth-order valence-electron chi connectivity index (χ4n) is 2.73. The van der Waals surface area contributed by atoms with Crippen LogP contribution >= 0.6 is 0 Å². The Labute approximate surface area is 106 Å². The van der Waals surface area contributed by atoms with Crippen LogP contribution in [0.2, 0.25) is 0 Å². The molecule has 1 saturated heterocycles. The van der Waals surface area contributed by atoms with Gasteiger partial charge in [-0.05, 0) is 43.7 Å². The molecule has 1 aromatic rings. The van der Waals surface area contributed by atoms with E-state index in [1.807, 2.05) is 0 Å². The van der Waals surface area contributed by atoms with Crippen LogP contribution in [0.25, 0.3) is 0 Å². The van der Waals surface area contributed by atoms with Gasteiger partial charge in [-0.3, -0.25) is 0 Å². The summed E-state index contributed by atoms with van der Waals surface area (Å²) in [6.07, 6.45) is 9.39. The minimum absolute atomic E-state index is 1.25. The zero-order valence-electron chi connectivity index (χ0n) is 11.1. The second-order valence-corrected chi connectivity index (χ2v) is 5.13. The number of piperidine rings is 1. The maximum absolute atomic E-state index is 2.59. The maximum Gasteiger partial charge on any atom is 0.0398 e. The second-order valence-electron chi connectivity index (χ2n) is 5.13. The van der Waals surface area contributed by atoms with Gasteiger partial charge in [-0.1, -0.05) is 38.0 Å². The van der Waals surface area contributed by atoms with E-state index in [1.165, 1.54) is 63.7 Å². The number of unbranched alkanes of at least 4 members (excludes halogenated alkanes) is 2. The Morgan fingerprint density at radius 2 is 1.76 bits per heavy atom. The standard InChI is InChI=1S/C16H25N/c1-2-3-5-10-15-11-6-7-12-16(15)17-13-8-4-9-14-17/h6-7,11-12H,2-5,8-10,13-14H2,1H3. The van der Waals surface area contributed by atoms with E-state index >= 15 is 0 Å². The van der Waals surface area contributed by atoms with Crippen LogP contribution in [-0.4, -0.2) is 13.1 Å². The summed E-state index contributed by atoms with van der Waals surface area (Å²) >= 11 is 0. The monoisotopic (exact) mass is 231 g/mol. The number of rotatable bonds is 5. The first-order chi connectivity index (χ1) is 8.42. The summed E-state index contributed by atoms with van der Waals surface area (Å²) in [4.78, 5) is 2.59. The fourth-order valence-corrected chi connectivity index (χ4v) is 2.73. The van der Waals surface area contributed by atoms with Gasteiger partial charge in [-0.2, -0.15) is 0 Å². The van der Waals surface area contributed by atoms with Crippen molar-refractivity contribution >= 4 is 5.69 Å². The zero-order chi connectivity index (χ0) is 11.9. The summed E-state index contributed by atoms with van der Waals surface area (Å²) in [5, 5.41) is 0. The largest absolute Gasteiger partial charge is 0.371 e. The molecule has 0 spiro atoms. The molecule has 0 unspecified atom stereocenters. The first-order valence-electron chi connectivity index (χ1n) is 7.24. The molecular formula is C16H25N. The number of aryl methyl sites for hydroxylation is 1. The van der Waals surface area contributed by atoms with E-state index in [0.29, 0.717) is 0 Å². The molecule has 1 aliphatic heterocycles. The molecule has 0 amide bonds. The average Bonchev–Trinajstić information content (AvgIpc) is 2.41. The van der Waals surface area contributed by atoms with Gasteiger partial charge in [0.15, 0.2) is 0 Å². The maximum atomic E-state index is 2.59. The Hall–Kier alpha value is -0.980. The van der Waals surface area contributed by atoms with E-state index in [2.05, 4.69) is 36.1 Å².